The molecule has 4 aliphatic heterocycles. The Labute approximate surface area is 330 Å². The van der Waals surface area contributed by atoms with Gasteiger partial charge in [0.05, 0.1) is 21.7 Å². The second-order valence-corrected chi connectivity index (χ2v) is 17.0. The molecular weight excluding hydrogens is 734 g/mol. The van der Waals surface area contributed by atoms with E-state index in [-0.39, 0.29) is 47.3 Å². The summed E-state index contributed by atoms with van der Waals surface area (Å²) in [4.78, 5) is 71.9. The summed E-state index contributed by atoms with van der Waals surface area (Å²) in [5, 5.41) is 15.0. The average molecular weight is 778 g/mol. The Bertz CT molecular complexity index is 2170. The van der Waals surface area contributed by atoms with Crippen LogP contribution in [-0.4, -0.2) is 103 Å². The number of rotatable bonds is 8. The van der Waals surface area contributed by atoms with Crippen LogP contribution in [0.1, 0.15) is 77.2 Å². The number of ether oxygens (including phenoxy) is 1. The molecule has 0 aromatic heterocycles. The standard InChI is InChI=1S/C42H44ClN7O6/c1-41(2)39(42(3,4)40(41)56-29-11-7-25(21-44)32(43)20-29)46-35(52)24-5-8-26(9-6-24)49-22-28(23-49)48-17-15-47(16-18-48)27-10-12-30-31(19-27)38(55)50(37(30)54)33-13-14-34(51)45-36(33)53/h5-12,19-20,28,33,39-40H,13-18,22-23H2,1-4H3,(H,46,52)(H,45,51,53)/t33?,39-,40-. The molecule has 0 spiro atoms. The molecule has 1 unspecified atom stereocenters. The topological polar surface area (TPSA) is 155 Å². The second kappa shape index (κ2) is 13.9. The van der Waals surface area contributed by atoms with E-state index in [4.69, 9.17) is 16.3 Å². The number of halogens is 1. The smallest absolute Gasteiger partial charge is 0.262 e. The van der Waals surface area contributed by atoms with Crippen LogP contribution in [0.25, 0.3) is 0 Å². The van der Waals surface area contributed by atoms with Gasteiger partial charge in [-0.3, -0.25) is 39.1 Å². The molecule has 8 rings (SSSR count). The number of piperazine rings is 1. The SMILES string of the molecule is CC1(C)[C@H](NC(=O)c2ccc(N3CC(N4CCN(c5ccc6c(c5)C(=O)N(C5CCC(=O)NC5=O)C6=O)CC4)C3)cc2)C(C)(C)[C@H]1Oc1ccc(C#N)c(Cl)c1. The minimum atomic E-state index is -0.983. The highest BCUT2D eigenvalue weighted by atomic mass is 35.5. The first-order chi connectivity index (χ1) is 26.7. The highest BCUT2D eigenvalue weighted by molar-refractivity contribution is 6.31. The van der Waals surface area contributed by atoms with Gasteiger partial charge in [-0.25, -0.2) is 0 Å². The fraction of sp³-hybridized carbons (Fsp3) is 0.429. The highest BCUT2D eigenvalue weighted by Gasteiger charge is 2.64. The van der Waals surface area contributed by atoms with Crippen molar-refractivity contribution in [2.45, 2.75) is 64.8 Å². The largest absolute Gasteiger partial charge is 0.489 e. The fourth-order valence-electron chi connectivity index (χ4n) is 9.53. The van der Waals surface area contributed by atoms with Gasteiger partial charge < -0.3 is 19.9 Å². The van der Waals surface area contributed by atoms with Crippen molar-refractivity contribution in [1.82, 2.24) is 20.4 Å². The van der Waals surface area contributed by atoms with Crippen LogP contribution < -0.4 is 25.2 Å². The molecule has 3 aromatic rings. The number of anilines is 2. The third-order valence-corrected chi connectivity index (χ3v) is 12.7. The number of amides is 5. The number of nitrogens with zero attached hydrogens (tertiary/aromatic N) is 5. The molecule has 13 nitrogen and oxygen atoms in total. The molecule has 1 aliphatic carbocycles. The number of imide groups is 2. The Kier molecular flexibility index (Phi) is 9.32. The van der Waals surface area contributed by atoms with Crippen LogP contribution in [0, 0.1) is 22.2 Å². The van der Waals surface area contributed by atoms with E-state index in [0.717, 1.165) is 55.5 Å². The summed E-state index contributed by atoms with van der Waals surface area (Å²) in [6, 6.07) is 19.4. The number of benzene rings is 3. The number of hydrogen-bond donors (Lipinski definition) is 2. The van der Waals surface area contributed by atoms with Crippen LogP contribution in [0.15, 0.2) is 60.7 Å². The number of nitriles is 1. The first kappa shape index (κ1) is 37.5. The summed E-state index contributed by atoms with van der Waals surface area (Å²) in [7, 11) is 0. The van der Waals surface area contributed by atoms with Crippen LogP contribution in [0.4, 0.5) is 11.4 Å². The summed E-state index contributed by atoms with van der Waals surface area (Å²) < 4.78 is 6.37. The molecule has 56 heavy (non-hydrogen) atoms. The molecule has 1 atom stereocenters. The fourth-order valence-corrected chi connectivity index (χ4v) is 9.74. The normalized spacial score (nSPS) is 24.5. The molecule has 2 N–H and O–H groups in total. The first-order valence-corrected chi connectivity index (χ1v) is 19.4. The zero-order valence-electron chi connectivity index (χ0n) is 31.8. The maximum Gasteiger partial charge on any atom is 0.262 e. The van der Waals surface area contributed by atoms with Crippen molar-refractivity contribution < 1.29 is 28.7 Å². The van der Waals surface area contributed by atoms with Crippen molar-refractivity contribution >= 4 is 52.5 Å². The summed E-state index contributed by atoms with van der Waals surface area (Å²) in [5.74, 6) is -1.56. The minimum Gasteiger partial charge on any atom is -0.489 e. The molecule has 1 saturated carbocycles. The van der Waals surface area contributed by atoms with Crippen molar-refractivity contribution in [1.29, 1.82) is 5.26 Å². The number of nitrogens with one attached hydrogen (secondary N) is 2. The van der Waals surface area contributed by atoms with Crippen molar-refractivity contribution in [2.24, 2.45) is 10.8 Å². The summed E-state index contributed by atoms with van der Waals surface area (Å²) in [6.07, 6.45) is 0.0213. The van der Waals surface area contributed by atoms with E-state index in [1.165, 1.54) is 0 Å². The van der Waals surface area contributed by atoms with E-state index < -0.39 is 29.7 Å². The number of carbonyl (C=O) groups excluding carboxylic acids is 5. The van der Waals surface area contributed by atoms with E-state index >= 15 is 0 Å². The van der Waals surface area contributed by atoms with E-state index in [1.807, 2.05) is 30.3 Å². The Morgan fingerprint density at radius 2 is 1.52 bits per heavy atom. The molecule has 3 saturated heterocycles. The zero-order chi connectivity index (χ0) is 39.7. The summed E-state index contributed by atoms with van der Waals surface area (Å²) >= 11 is 6.24. The van der Waals surface area contributed by atoms with Crippen molar-refractivity contribution in [3.8, 4) is 11.8 Å². The van der Waals surface area contributed by atoms with Gasteiger partial charge in [0.25, 0.3) is 17.7 Å². The molecule has 5 aliphatic rings. The monoisotopic (exact) mass is 777 g/mol. The number of fused-ring (bicyclic) bond motifs is 1. The van der Waals surface area contributed by atoms with Crippen LogP contribution in [0.2, 0.25) is 5.02 Å². The van der Waals surface area contributed by atoms with Gasteiger partial charge in [-0.1, -0.05) is 39.3 Å². The lowest BCUT2D eigenvalue weighted by atomic mass is 9.49. The maximum absolute atomic E-state index is 13.5. The second-order valence-electron chi connectivity index (χ2n) is 16.6. The Balaban J connectivity index is 0.816. The van der Waals surface area contributed by atoms with Gasteiger partial charge in [0.15, 0.2) is 0 Å². The lowest BCUT2D eigenvalue weighted by Gasteiger charge is -2.63. The summed E-state index contributed by atoms with van der Waals surface area (Å²) in [5.41, 5.74) is 2.77. The number of piperidine rings is 1. The van der Waals surface area contributed by atoms with Crippen molar-refractivity contribution in [2.75, 3.05) is 49.1 Å². The van der Waals surface area contributed by atoms with Gasteiger partial charge >= 0.3 is 0 Å². The minimum absolute atomic E-state index is 0.0836. The molecular formula is C42H44ClN7O6. The van der Waals surface area contributed by atoms with Gasteiger partial charge in [-0.2, -0.15) is 5.26 Å². The van der Waals surface area contributed by atoms with Crippen LogP contribution in [0.5, 0.6) is 5.75 Å². The highest BCUT2D eigenvalue weighted by Crippen LogP contribution is 2.55. The lowest BCUT2D eigenvalue weighted by Crippen LogP contribution is -2.74. The number of carbonyl (C=O) groups is 5. The summed E-state index contributed by atoms with van der Waals surface area (Å²) in [6.45, 7) is 13.3. The average Bonchev–Trinajstić information content (AvgIpc) is 3.40. The van der Waals surface area contributed by atoms with Crippen molar-refractivity contribution in [3.05, 3.63) is 87.9 Å². The molecule has 4 fully saturated rings. The molecule has 290 valence electrons. The number of hydrogen-bond acceptors (Lipinski definition) is 10. The zero-order valence-corrected chi connectivity index (χ0v) is 32.6. The van der Waals surface area contributed by atoms with Crippen molar-refractivity contribution in [3.63, 3.8) is 0 Å². The molecule has 0 bridgehead atoms. The Hall–Kier alpha value is -5.45. The Morgan fingerprint density at radius 1 is 0.857 bits per heavy atom. The van der Waals surface area contributed by atoms with Crippen LogP contribution >= 0.6 is 11.6 Å². The first-order valence-electron chi connectivity index (χ1n) is 19.0. The maximum atomic E-state index is 13.5. The Morgan fingerprint density at radius 3 is 2.16 bits per heavy atom. The van der Waals surface area contributed by atoms with Gasteiger partial charge in [0, 0.05) is 91.6 Å². The lowest BCUT2D eigenvalue weighted by molar-refractivity contribution is -0.164. The van der Waals surface area contributed by atoms with Crippen LogP contribution in [-0.2, 0) is 9.59 Å². The third kappa shape index (κ3) is 6.34. The molecule has 14 heteroatoms. The van der Waals surface area contributed by atoms with Gasteiger partial charge in [0.1, 0.15) is 24.0 Å². The van der Waals surface area contributed by atoms with E-state index in [9.17, 15) is 29.2 Å². The van der Waals surface area contributed by atoms with E-state index in [2.05, 4.69) is 59.1 Å². The van der Waals surface area contributed by atoms with Crippen LogP contribution in [0.3, 0.4) is 0 Å². The quantitative estimate of drug-likeness (QED) is 0.318. The predicted octanol–water partition coefficient (Wildman–Crippen LogP) is 4.24. The molecule has 0 radical (unpaired) electrons. The molecule has 5 amide bonds. The predicted molar refractivity (Wildman–Crippen MR) is 209 cm³/mol. The van der Waals surface area contributed by atoms with Gasteiger partial charge in [0.2, 0.25) is 11.8 Å². The molecule has 3 aromatic carbocycles. The van der Waals surface area contributed by atoms with Gasteiger partial charge in [-0.15, -0.1) is 0 Å². The molecule has 4 heterocycles. The van der Waals surface area contributed by atoms with E-state index in [0.29, 0.717) is 33.5 Å². The van der Waals surface area contributed by atoms with E-state index in [1.54, 1.807) is 30.3 Å². The third-order valence-electron chi connectivity index (χ3n) is 12.4. The van der Waals surface area contributed by atoms with Gasteiger partial charge in [-0.05, 0) is 61.0 Å².